The molecule has 0 amide bonds. The van der Waals surface area contributed by atoms with Gasteiger partial charge < -0.3 is 10.1 Å². The van der Waals surface area contributed by atoms with Gasteiger partial charge in [-0.25, -0.2) is 4.98 Å². The molecule has 1 N–H and O–H groups in total. The summed E-state index contributed by atoms with van der Waals surface area (Å²) in [7, 11) is 3.46. The highest BCUT2D eigenvalue weighted by Gasteiger charge is 2.25. The van der Waals surface area contributed by atoms with Crippen molar-refractivity contribution in [1.82, 2.24) is 19.8 Å². The molecule has 0 aliphatic carbocycles. The topological polar surface area (TPSA) is 59.4 Å². The first kappa shape index (κ1) is 24.2. The molecule has 7 heteroatoms. The third-order valence-corrected chi connectivity index (χ3v) is 6.05. The smallest absolute Gasteiger partial charge is 0.296 e. The second-order valence-corrected chi connectivity index (χ2v) is 8.60. The zero-order valence-corrected chi connectivity index (χ0v) is 20.5. The Morgan fingerprint density at radius 1 is 1.12 bits per heavy atom. The zero-order valence-electron chi connectivity index (χ0n) is 18.9. The standard InChI is InChI=1S/C25H31BrN4O2/c1-4-22(29(15-14-27-2)17-20-10-12-21(26)13-11-20)24-28-16-23(32-3)25(31)30(24)18-19-8-6-5-7-9-19/h5-13,16,22,27H,4,14-15,17-18H2,1-3H3. The molecule has 0 spiro atoms. The maximum atomic E-state index is 13.2. The normalized spacial score (nSPS) is 12.2. The van der Waals surface area contributed by atoms with Gasteiger partial charge in [0.2, 0.25) is 5.75 Å². The number of hydrogen-bond donors (Lipinski definition) is 1. The van der Waals surface area contributed by atoms with E-state index in [9.17, 15) is 4.79 Å². The number of nitrogens with one attached hydrogen (secondary N) is 1. The van der Waals surface area contributed by atoms with E-state index in [0.717, 1.165) is 41.9 Å². The molecular formula is C25H31BrN4O2. The van der Waals surface area contributed by atoms with Crippen molar-refractivity contribution in [1.29, 1.82) is 0 Å². The van der Waals surface area contributed by atoms with Gasteiger partial charge in [-0.1, -0.05) is 65.3 Å². The second kappa shape index (κ2) is 11.9. The van der Waals surface area contributed by atoms with E-state index in [1.54, 1.807) is 10.8 Å². The average molecular weight is 499 g/mol. The fourth-order valence-corrected chi connectivity index (χ4v) is 4.10. The number of nitrogens with zero attached hydrogens (tertiary/aromatic N) is 3. The van der Waals surface area contributed by atoms with Gasteiger partial charge in [0.1, 0.15) is 5.82 Å². The summed E-state index contributed by atoms with van der Waals surface area (Å²) >= 11 is 3.51. The molecule has 3 aromatic rings. The van der Waals surface area contributed by atoms with Gasteiger partial charge >= 0.3 is 0 Å². The average Bonchev–Trinajstić information content (AvgIpc) is 2.82. The highest BCUT2D eigenvalue weighted by Crippen LogP contribution is 2.25. The molecule has 0 saturated carbocycles. The maximum Gasteiger partial charge on any atom is 0.296 e. The van der Waals surface area contributed by atoms with E-state index < -0.39 is 0 Å². The molecule has 6 nitrogen and oxygen atoms in total. The molecule has 1 heterocycles. The molecule has 2 aromatic carbocycles. The van der Waals surface area contributed by atoms with Crippen LogP contribution in [0.1, 0.15) is 36.3 Å². The van der Waals surface area contributed by atoms with Crippen molar-refractivity contribution in [3.63, 3.8) is 0 Å². The summed E-state index contributed by atoms with van der Waals surface area (Å²) in [5.74, 6) is 1.02. The minimum Gasteiger partial charge on any atom is -0.490 e. The van der Waals surface area contributed by atoms with Gasteiger partial charge in [0.25, 0.3) is 5.56 Å². The summed E-state index contributed by atoms with van der Waals surface area (Å²) in [6.45, 7) is 5.03. The maximum absolute atomic E-state index is 13.2. The van der Waals surface area contributed by atoms with Crippen LogP contribution < -0.4 is 15.6 Å². The largest absolute Gasteiger partial charge is 0.490 e. The number of aromatic nitrogens is 2. The van der Waals surface area contributed by atoms with Crippen LogP contribution >= 0.6 is 15.9 Å². The lowest BCUT2D eigenvalue weighted by Crippen LogP contribution is -2.38. The summed E-state index contributed by atoms with van der Waals surface area (Å²) < 4.78 is 8.12. The molecule has 170 valence electrons. The van der Waals surface area contributed by atoms with Gasteiger partial charge in [-0.05, 0) is 36.7 Å². The predicted octanol–water partition coefficient (Wildman–Crippen LogP) is 4.24. The van der Waals surface area contributed by atoms with Crippen LogP contribution in [-0.2, 0) is 13.1 Å². The number of methoxy groups -OCH3 is 1. The Balaban J connectivity index is 2.02. The minimum atomic E-state index is -0.156. The Labute approximate surface area is 198 Å². The molecule has 1 aromatic heterocycles. The molecule has 32 heavy (non-hydrogen) atoms. The van der Waals surface area contributed by atoms with Crippen molar-refractivity contribution in [3.8, 4) is 5.75 Å². The van der Waals surface area contributed by atoms with Crippen molar-refractivity contribution in [2.75, 3.05) is 27.2 Å². The van der Waals surface area contributed by atoms with Crippen LogP contribution in [0.15, 0.2) is 70.1 Å². The minimum absolute atomic E-state index is 0.0192. The molecule has 0 aliphatic rings. The molecule has 0 aliphatic heterocycles. The molecule has 1 atom stereocenters. The fourth-order valence-electron chi connectivity index (χ4n) is 3.84. The van der Waals surface area contributed by atoms with Gasteiger partial charge in [-0.3, -0.25) is 14.3 Å². The van der Waals surface area contributed by atoms with Gasteiger partial charge in [0, 0.05) is 24.1 Å². The fraction of sp³-hybridized carbons (Fsp3) is 0.360. The van der Waals surface area contributed by atoms with Gasteiger partial charge in [0.15, 0.2) is 0 Å². The Kier molecular flexibility index (Phi) is 9.02. The van der Waals surface area contributed by atoms with Gasteiger partial charge in [-0.2, -0.15) is 0 Å². The monoisotopic (exact) mass is 498 g/mol. The summed E-state index contributed by atoms with van der Waals surface area (Å²) in [5, 5.41) is 3.25. The lowest BCUT2D eigenvalue weighted by atomic mass is 10.1. The van der Waals surface area contributed by atoms with Crippen molar-refractivity contribution in [2.45, 2.75) is 32.5 Å². The Morgan fingerprint density at radius 3 is 2.47 bits per heavy atom. The van der Waals surface area contributed by atoms with Gasteiger partial charge in [0.05, 0.1) is 25.9 Å². The van der Waals surface area contributed by atoms with Crippen LogP contribution in [0.5, 0.6) is 5.75 Å². The molecule has 0 bridgehead atoms. The molecule has 0 fully saturated rings. The quantitative estimate of drug-likeness (QED) is 0.428. The number of ether oxygens (including phenoxy) is 1. The van der Waals surface area contributed by atoms with Crippen LogP contribution in [0.2, 0.25) is 0 Å². The Morgan fingerprint density at radius 2 is 1.84 bits per heavy atom. The highest BCUT2D eigenvalue weighted by molar-refractivity contribution is 9.10. The van der Waals surface area contributed by atoms with E-state index in [0.29, 0.717) is 6.54 Å². The summed E-state index contributed by atoms with van der Waals surface area (Å²) in [6, 6.07) is 18.3. The SMILES string of the molecule is CCC(c1ncc(OC)c(=O)n1Cc1ccccc1)N(CCNC)Cc1ccc(Br)cc1. The first-order valence-electron chi connectivity index (χ1n) is 10.9. The van der Waals surface area contributed by atoms with Gasteiger partial charge in [-0.15, -0.1) is 0 Å². The van der Waals surface area contributed by atoms with Crippen LogP contribution in [0, 0.1) is 0 Å². The third-order valence-electron chi connectivity index (χ3n) is 5.52. The van der Waals surface area contributed by atoms with E-state index in [2.05, 4.69) is 57.3 Å². The predicted molar refractivity (Wildman–Crippen MR) is 132 cm³/mol. The first-order valence-corrected chi connectivity index (χ1v) is 11.7. The first-order chi connectivity index (χ1) is 15.6. The summed E-state index contributed by atoms with van der Waals surface area (Å²) in [4.78, 5) is 20.4. The van der Waals surface area contributed by atoms with E-state index in [1.807, 2.05) is 37.4 Å². The Bertz CT molecular complexity index is 1040. The lowest BCUT2D eigenvalue weighted by Gasteiger charge is -2.32. The number of halogens is 1. The van der Waals surface area contributed by atoms with Crippen LogP contribution in [0.4, 0.5) is 0 Å². The van der Waals surface area contributed by atoms with Crippen LogP contribution in [-0.4, -0.2) is 41.7 Å². The van der Waals surface area contributed by atoms with E-state index in [4.69, 9.17) is 9.72 Å². The third kappa shape index (κ3) is 6.06. The zero-order chi connectivity index (χ0) is 22.9. The van der Waals surface area contributed by atoms with Crippen molar-refractivity contribution in [3.05, 3.63) is 92.6 Å². The molecule has 1 unspecified atom stereocenters. The van der Waals surface area contributed by atoms with Crippen LogP contribution in [0.3, 0.4) is 0 Å². The van der Waals surface area contributed by atoms with E-state index >= 15 is 0 Å². The molecule has 3 rings (SSSR count). The summed E-state index contributed by atoms with van der Waals surface area (Å²) in [5.41, 5.74) is 2.11. The Hall–Kier alpha value is -2.48. The molecular weight excluding hydrogens is 468 g/mol. The number of benzene rings is 2. The summed E-state index contributed by atoms with van der Waals surface area (Å²) in [6.07, 6.45) is 2.38. The molecule has 0 saturated heterocycles. The lowest BCUT2D eigenvalue weighted by molar-refractivity contribution is 0.171. The second-order valence-electron chi connectivity index (χ2n) is 7.69. The van der Waals surface area contributed by atoms with Crippen molar-refractivity contribution < 1.29 is 4.74 Å². The van der Waals surface area contributed by atoms with Crippen molar-refractivity contribution >= 4 is 15.9 Å². The number of rotatable bonds is 11. The van der Waals surface area contributed by atoms with E-state index in [1.165, 1.54) is 12.7 Å². The van der Waals surface area contributed by atoms with Crippen LogP contribution in [0.25, 0.3) is 0 Å². The highest BCUT2D eigenvalue weighted by atomic mass is 79.9. The molecule has 0 radical (unpaired) electrons. The number of hydrogen-bond acceptors (Lipinski definition) is 5. The van der Waals surface area contributed by atoms with Crippen molar-refractivity contribution in [2.24, 2.45) is 0 Å². The van der Waals surface area contributed by atoms with E-state index in [-0.39, 0.29) is 17.4 Å². The number of likely N-dealkylation sites (N-methyl/N-ethyl adjacent to an activating group) is 1.